The van der Waals surface area contributed by atoms with Gasteiger partial charge in [0.25, 0.3) is 5.91 Å². The second-order valence-electron chi connectivity index (χ2n) is 8.08. The first-order valence-corrected chi connectivity index (χ1v) is 10.3. The number of carbonyl (C=O) groups excluding carboxylic acids is 1. The Labute approximate surface area is 178 Å². The predicted molar refractivity (Wildman–Crippen MR) is 122 cm³/mol. The Morgan fingerprint density at radius 1 is 1.03 bits per heavy atom. The van der Waals surface area contributed by atoms with Gasteiger partial charge in [-0.1, -0.05) is 30.4 Å². The van der Waals surface area contributed by atoms with Crippen LogP contribution in [0.25, 0.3) is 5.69 Å². The van der Waals surface area contributed by atoms with E-state index in [9.17, 15) is 4.79 Å². The van der Waals surface area contributed by atoms with Gasteiger partial charge in [-0.25, -0.2) is 4.68 Å². The van der Waals surface area contributed by atoms with Gasteiger partial charge in [0.05, 0.1) is 11.4 Å². The number of benzene rings is 2. The lowest BCUT2D eigenvalue weighted by Crippen LogP contribution is -2.32. The van der Waals surface area contributed by atoms with Gasteiger partial charge in [-0.15, -0.1) is 0 Å². The van der Waals surface area contributed by atoms with E-state index in [4.69, 9.17) is 5.10 Å². The lowest BCUT2D eigenvalue weighted by molar-refractivity contribution is 0.0944. The van der Waals surface area contributed by atoms with Crippen LogP contribution in [-0.4, -0.2) is 35.8 Å². The van der Waals surface area contributed by atoms with Crippen molar-refractivity contribution in [1.82, 2.24) is 15.1 Å². The van der Waals surface area contributed by atoms with E-state index in [1.165, 1.54) is 5.56 Å². The number of rotatable bonds is 5. The van der Waals surface area contributed by atoms with Crippen LogP contribution in [0.4, 0.5) is 5.69 Å². The Hall–Kier alpha value is -3.34. The van der Waals surface area contributed by atoms with Gasteiger partial charge in [-0.2, -0.15) is 5.10 Å². The highest BCUT2D eigenvalue weighted by molar-refractivity contribution is 5.94. The fourth-order valence-corrected chi connectivity index (χ4v) is 4.19. The predicted octanol–water partition coefficient (Wildman–Crippen LogP) is 4.40. The van der Waals surface area contributed by atoms with Crippen molar-refractivity contribution >= 4 is 11.6 Å². The number of hydrogen-bond donors (Lipinski definition) is 1. The van der Waals surface area contributed by atoms with Gasteiger partial charge >= 0.3 is 0 Å². The quantitative estimate of drug-likeness (QED) is 0.646. The van der Waals surface area contributed by atoms with Crippen LogP contribution in [0.15, 0.2) is 66.7 Å². The first kappa shape index (κ1) is 20.0. The first-order valence-electron chi connectivity index (χ1n) is 10.3. The van der Waals surface area contributed by atoms with E-state index in [-0.39, 0.29) is 17.9 Å². The smallest absolute Gasteiger partial charge is 0.251 e. The molecule has 0 aliphatic heterocycles. The molecule has 0 unspecified atom stereocenters. The zero-order valence-electron chi connectivity index (χ0n) is 18.0. The number of nitrogens with one attached hydrogen (secondary N) is 1. The van der Waals surface area contributed by atoms with Crippen molar-refractivity contribution in [1.29, 1.82) is 0 Å². The monoisotopic (exact) mass is 400 g/mol. The normalized spacial score (nSPS) is 17.9. The topological polar surface area (TPSA) is 50.2 Å². The molecule has 3 aromatic rings. The van der Waals surface area contributed by atoms with E-state index in [1.807, 2.05) is 66.1 Å². The molecule has 2 aromatic carbocycles. The first-order chi connectivity index (χ1) is 14.4. The number of carbonyl (C=O) groups is 1. The second-order valence-corrected chi connectivity index (χ2v) is 8.08. The van der Waals surface area contributed by atoms with E-state index < -0.39 is 0 Å². The molecule has 1 aromatic heterocycles. The Balaban J connectivity index is 1.46. The second kappa shape index (κ2) is 8.19. The van der Waals surface area contributed by atoms with Crippen molar-refractivity contribution in [3.05, 3.63) is 89.3 Å². The maximum Gasteiger partial charge on any atom is 0.251 e. The SMILES string of the molecule is Cc1nn(-c2ccccc2)c(C)c1[C@@H]1C=C[C@@H](NC(=O)c2ccc(N(C)C)cc2)C1. The summed E-state index contributed by atoms with van der Waals surface area (Å²) in [6, 6.07) is 17.9. The average Bonchev–Trinajstić information content (AvgIpc) is 3.32. The van der Waals surface area contributed by atoms with Crippen molar-refractivity contribution in [2.45, 2.75) is 32.2 Å². The molecule has 2 atom stereocenters. The van der Waals surface area contributed by atoms with Gasteiger partial charge in [-0.05, 0) is 56.7 Å². The molecule has 0 radical (unpaired) electrons. The Morgan fingerprint density at radius 2 is 1.73 bits per heavy atom. The summed E-state index contributed by atoms with van der Waals surface area (Å²) in [6.07, 6.45) is 5.16. The highest BCUT2D eigenvalue weighted by Gasteiger charge is 2.27. The molecule has 1 amide bonds. The molecular weight excluding hydrogens is 372 g/mol. The van der Waals surface area contributed by atoms with Crippen LogP contribution in [0.1, 0.15) is 39.6 Å². The molecule has 0 fully saturated rings. The van der Waals surface area contributed by atoms with Crippen molar-refractivity contribution < 1.29 is 4.79 Å². The lowest BCUT2D eigenvalue weighted by Gasteiger charge is -2.16. The molecule has 0 spiro atoms. The maximum atomic E-state index is 12.7. The van der Waals surface area contributed by atoms with Crippen LogP contribution < -0.4 is 10.2 Å². The van der Waals surface area contributed by atoms with E-state index in [0.717, 1.165) is 29.2 Å². The zero-order valence-corrected chi connectivity index (χ0v) is 18.0. The number of hydrogen-bond acceptors (Lipinski definition) is 3. The number of aromatic nitrogens is 2. The zero-order chi connectivity index (χ0) is 21.3. The van der Waals surface area contributed by atoms with E-state index in [2.05, 4.69) is 43.4 Å². The molecule has 30 heavy (non-hydrogen) atoms. The van der Waals surface area contributed by atoms with Crippen LogP contribution in [-0.2, 0) is 0 Å². The third-order valence-electron chi connectivity index (χ3n) is 5.76. The summed E-state index contributed by atoms with van der Waals surface area (Å²) in [4.78, 5) is 14.7. The number of nitrogens with zero attached hydrogens (tertiary/aromatic N) is 3. The average molecular weight is 401 g/mol. The lowest BCUT2D eigenvalue weighted by atomic mass is 9.96. The molecule has 0 saturated heterocycles. The molecule has 1 aliphatic rings. The van der Waals surface area contributed by atoms with E-state index in [0.29, 0.717) is 5.56 Å². The summed E-state index contributed by atoms with van der Waals surface area (Å²) in [7, 11) is 3.98. The van der Waals surface area contributed by atoms with Crippen LogP contribution >= 0.6 is 0 Å². The molecule has 0 bridgehead atoms. The summed E-state index contributed by atoms with van der Waals surface area (Å²) in [6.45, 7) is 4.18. The molecule has 0 saturated carbocycles. The van der Waals surface area contributed by atoms with Crippen molar-refractivity contribution in [2.75, 3.05) is 19.0 Å². The largest absolute Gasteiger partial charge is 0.378 e. The fourth-order valence-electron chi connectivity index (χ4n) is 4.19. The van der Waals surface area contributed by atoms with Gasteiger partial charge < -0.3 is 10.2 Å². The molecule has 5 nitrogen and oxygen atoms in total. The van der Waals surface area contributed by atoms with Gasteiger partial charge in [0.2, 0.25) is 0 Å². The highest BCUT2D eigenvalue weighted by Crippen LogP contribution is 2.34. The van der Waals surface area contributed by atoms with Gasteiger partial charge in [0, 0.05) is 48.6 Å². The minimum Gasteiger partial charge on any atom is -0.378 e. The van der Waals surface area contributed by atoms with Crippen molar-refractivity contribution in [3.63, 3.8) is 0 Å². The number of allylic oxidation sites excluding steroid dienone is 1. The van der Waals surface area contributed by atoms with Gasteiger partial charge in [0.1, 0.15) is 0 Å². The molecule has 1 aliphatic carbocycles. The maximum absolute atomic E-state index is 12.7. The Bertz CT molecular complexity index is 1060. The standard InChI is InChI=1S/C25H28N4O/c1-17-24(18(2)29(27-17)23-8-6-5-7-9-23)20-10-13-21(16-20)26-25(30)19-11-14-22(15-12-19)28(3)4/h5-15,20-21H,16H2,1-4H3,(H,26,30)/t20-,21-/m1/s1. The molecule has 4 rings (SSSR count). The minimum atomic E-state index is -0.0379. The number of anilines is 1. The summed E-state index contributed by atoms with van der Waals surface area (Å²) in [5, 5.41) is 7.93. The van der Waals surface area contributed by atoms with Gasteiger partial charge in [0.15, 0.2) is 0 Å². The fraction of sp³-hybridized carbons (Fsp3) is 0.280. The third kappa shape index (κ3) is 3.88. The van der Waals surface area contributed by atoms with Crippen LogP contribution in [0.2, 0.25) is 0 Å². The molecule has 1 heterocycles. The number of para-hydroxylation sites is 1. The van der Waals surface area contributed by atoms with Crippen LogP contribution in [0, 0.1) is 13.8 Å². The third-order valence-corrected chi connectivity index (χ3v) is 5.76. The van der Waals surface area contributed by atoms with Crippen LogP contribution in [0.5, 0.6) is 0 Å². The van der Waals surface area contributed by atoms with Crippen LogP contribution in [0.3, 0.4) is 0 Å². The minimum absolute atomic E-state index is 0.0231. The number of amides is 1. The molecular formula is C25H28N4O. The highest BCUT2D eigenvalue weighted by atomic mass is 16.1. The summed E-state index contributed by atoms with van der Waals surface area (Å²) < 4.78 is 2.01. The van der Waals surface area contributed by atoms with Crippen molar-refractivity contribution in [2.24, 2.45) is 0 Å². The molecule has 1 N–H and O–H groups in total. The molecule has 5 heteroatoms. The van der Waals surface area contributed by atoms with Crippen molar-refractivity contribution in [3.8, 4) is 5.69 Å². The molecule has 154 valence electrons. The Kier molecular flexibility index (Phi) is 5.44. The summed E-state index contributed by atoms with van der Waals surface area (Å²) in [5.41, 5.74) is 6.27. The number of aryl methyl sites for hydroxylation is 1. The Morgan fingerprint density at radius 3 is 2.40 bits per heavy atom. The van der Waals surface area contributed by atoms with Gasteiger partial charge in [-0.3, -0.25) is 4.79 Å². The summed E-state index contributed by atoms with van der Waals surface area (Å²) in [5.74, 6) is 0.216. The van der Waals surface area contributed by atoms with E-state index >= 15 is 0 Å². The summed E-state index contributed by atoms with van der Waals surface area (Å²) >= 11 is 0. The van der Waals surface area contributed by atoms with E-state index in [1.54, 1.807) is 0 Å².